The minimum absolute atomic E-state index is 1.07. The highest BCUT2D eigenvalue weighted by Crippen LogP contribution is 2.11. The molecule has 1 fully saturated rings. The Morgan fingerprint density at radius 2 is 2.20 bits per heavy atom. The molecule has 2 heterocycles. The summed E-state index contributed by atoms with van der Waals surface area (Å²) >= 11 is 0. The highest BCUT2D eigenvalue weighted by molar-refractivity contribution is 5.16. The zero-order valence-corrected chi connectivity index (χ0v) is 9.63. The molecule has 3 heteroatoms. The van der Waals surface area contributed by atoms with Gasteiger partial charge in [0.15, 0.2) is 0 Å². The van der Waals surface area contributed by atoms with Crippen molar-refractivity contribution in [2.24, 2.45) is 0 Å². The monoisotopic (exact) mass is 207 g/mol. The quantitative estimate of drug-likeness (QED) is 0.801. The van der Waals surface area contributed by atoms with E-state index in [0.717, 1.165) is 6.42 Å². The number of hydrogen-bond donors (Lipinski definition) is 1. The van der Waals surface area contributed by atoms with Gasteiger partial charge in [-0.05, 0) is 57.3 Å². The zero-order chi connectivity index (χ0) is 10.5. The normalized spacial score (nSPS) is 17.4. The van der Waals surface area contributed by atoms with Crippen molar-refractivity contribution < 1.29 is 0 Å². The van der Waals surface area contributed by atoms with Crippen molar-refractivity contribution in [2.75, 3.05) is 19.6 Å². The van der Waals surface area contributed by atoms with Gasteiger partial charge < -0.3 is 4.90 Å². The molecule has 1 N–H and O–H groups in total. The Balaban J connectivity index is 1.73. The zero-order valence-electron chi connectivity index (χ0n) is 9.63. The van der Waals surface area contributed by atoms with Gasteiger partial charge in [0.25, 0.3) is 0 Å². The lowest BCUT2D eigenvalue weighted by Gasteiger charge is -2.13. The van der Waals surface area contributed by atoms with Gasteiger partial charge in [0.2, 0.25) is 0 Å². The van der Waals surface area contributed by atoms with Crippen LogP contribution >= 0.6 is 0 Å². The lowest BCUT2D eigenvalue weighted by Crippen LogP contribution is -2.20. The van der Waals surface area contributed by atoms with Crippen LogP contribution in [0.25, 0.3) is 0 Å². The van der Waals surface area contributed by atoms with Crippen molar-refractivity contribution >= 4 is 0 Å². The molecule has 1 saturated heterocycles. The maximum absolute atomic E-state index is 4.10. The first-order valence-electron chi connectivity index (χ1n) is 6.13. The fourth-order valence-corrected chi connectivity index (χ4v) is 2.36. The summed E-state index contributed by atoms with van der Waals surface area (Å²) in [5.74, 6) is 0. The molecule has 1 aliphatic heterocycles. The van der Waals surface area contributed by atoms with Crippen molar-refractivity contribution in [1.29, 1.82) is 0 Å². The minimum atomic E-state index is 1.07. The predicted molar refractivity (Wildman–Crippen MR) is 62.0 cm³/mol. The van der Waals surface area contributed by atoms with Crippen LogP contribution in [-0.4, -0.2) is 34.7 Å². The summed E-state index contributed by atoms with van der Waals surface area (Å²) in [7, 11) is 0. The number of aromatic nitrogens is 2. The Morgan fingerprint density at radius 1 is 1.40 bits per heavy atom. The predicted octanol–water partition coefficient (Wildman–Crippen LogP) is 2.00. The summed E-state index contributed by atoms with van der Waals surface area (Å²) in [6, 6.07) is 0. The topological polar surface area (TPSA) is 31.9 Å². The Bertz CT molecular complexity index is 287. The summed E-state index contributed by atoms with van der Waals surface area (Å²) < 4.78 is 0. The van der Waals surface area contributed by atoms with E-state index >= 15 is 0 Å². The third kappa shape index (κ3) is 2.81. The van der Waals surface area contributed by atoms with Gasteiger partial charge in [0.1, 0.15) is 0 Å². The largest absolute Gasteiger partial charge is 0.303 e. The summed E-state index contributed by atoms with van der Waals surface area (Å²) in [6.45, 7) is 6.06. The number of likely N-dealkylation sites (tertiary alicyclic amines) is 1. The average Bonchev–Trinajstić information content (AvgIpc) is 2.88. The second-order valence-electron chi connectivity index (χ2n) is 4.38. The number of rotatable bonds is 5. The third-order valence-electron chi connectivity index (χ3n) is 3.28. The molecule has 0 amide bonds. The van der Waals surface area contributed by atoms with Crippen molar-refractivity contribution in [3.63, 3.8) is 0 Å². The molecule has 0 saturated carbocycles. The molecule has 84 valence electrons. The van der Waals surface area contributed by atoms with Crippen LogP contribution in [0.15, 0.2) is 6.20 Å². The first kappa shape index (κ1) is 10.7. The number of aryl methyl sites for hydroxylation is 2. The highest BCUT2D eigenvalue weighted by atomic mass is 15.1. The number of H-pyrrole nitrogens is 1. The van der Waals surface area contributed by atoms with E-state index in [-0.39, 0.29) is 0 Å². The fourth-order valence-electron chi connectivity index (χ4n) is 2.36. The van der Waals surface area contributed by atoms with Crippen LogP contribution in [0.1, 0.15) is 37.4 Å². The van der Waals surface area contributed by atoms with Gasteiger partial charge in [-0.25, -0.2) is 0 Å². The van der Waals surface area contributed by atoms with E-state index < -0.39 is 0 Å². The van der Waals surface area contributed by atoms with Crippen LogP contribution in [-0.2, 0) is 12.8 Å². The van der Waals surface area contributed by atoms with E-state index in [0.29, 0.717) is 0 Å². The van der Waals surface area contributed by atoms with E-state index in [1.54, 1.807) is 0 Å². The molecule has 15 heavy (non-hydrogen) atoms. The lowest BCUT2D eigenvalue weighted by molar-refractivity contribution is 0.334. The molecule has 1 aromatic rings. The van der Waals surface area contributed by atoms with Crippen molar-refractivity contribution in [2.45, 2.75) is 39.0 Å². The molecule has 2 rings (SSSR count). The molecule has 1 aliphatic rings. The van der Waals surface area contributed by atoms with Crippen LogP contribution < -0.4 is 0 Å². The van der Waals surface area contributed by atoms with Crippen LogP contribution in [0.5, 0.6) is 0 Å². The van der Waals surface area contributed by atoms with Gasteiger partial charge in [0, 0.05) is 5.69 Å². The SMILES string of the molecule is CCc1[nH]ncc1CCCN1CCCC1. The molecule has 0 aromatic carbocycles. The first-order valence-corrected chi connectivity index (χ1v) is 6.13. The number of hydrogen-bond acceptors (Lipinski definition) is 2. The van der Waals surface area contributed by atoms with Crippen molar-refractivity contribution in [3.8, 4) is 0 Å². The molecule has 0 bridgehead atoms. The molecular weight excluding hydrogens is 186 g/mol. The van der Waals surface area contributed by atoms with Crippen LogP contribution in [0.2, 0.25) is 0 Å². The Hall–Kier alpha value is -0.830. The minimum Gasteiger partial charge on any atom is -0.303 e. The van der Waals surface area contributed by atoms with E-state index in [4.69, 9.17) is 0 Å². The van der Waals surface area contributed by atoms with Crippen LogP contribution in [0.3, 0.4) is 0 Å². The maximum Gasteiger partial charge on any atom is 0.0522 e. The summed E-state index contributed by atoms with van der Waals surface area (Å²) in [5, 5.41) is 7.18. The third-order valence-corrected chi connectivity index (χ3v) is 3.28. The molecule has 0 aliphatic carbocycles. The van der Waals surface area contributed by atoms with Gasteiger partial charge in [-0.2, -0.15) is 5.10 Å². The molecule has 1 aromatic heterocycles. The average molecular weight is 207 g/mol. The van der Waals surface area contributed by atoms with Crippen LogP contribution in [0.4, 0.5) is 0 Å². The fraction of sp³-hybridized carbons (Fsp3) is 0.750. The summed E-state index contributed by atoms with van der Waals surface area (Å²) in [4.78, 5) is 2.58. The van der Waals surface area contributed by atoms with Gasteiger partial charge in [-0.1, -0.05) is 6.92 Å². The smallest absolute Gasteiger partial charge is 0.0522 e. The summed E-state index contributed by atoms with van der Waals surface area (Å²) in [5.41, 5.74) is 2.73. The Kier molecular flexibility index (Phi) is 3.78. The molecular formula is C12H21N3. The van der Waals surface area contributed by atoms with E-state index in [1.165, 1.54) is 56.6 Å². The lowest BCUT2D eigenvalue weighted by atomic mass is 10.1. The van der Waals surface area contributed by atoms with Gasteiger partial charge in [-0.15, -0.1) is 0 Å². The Labute approximate surface area is 91.9 Å². The van der Waals surface area contributed by atoms with Gasteiger partial charge >= 0.3 is 0 Å². The molecule has 0 radical (unpaired) electrons. The van der Waals surface area contributed by atoms with E-state index in [9.17, 15) is 0 Å². The Morgan fingerprint density at radius 3 is 2.93 bits per heavy atom. The number of aromatic amines is 1. The maximum atomic E-state index is 4.10. The number of nitrogens with zero attached hydrogens (tertiary/aromatic N) is 2. The highest BCUT2D eigenvalue weighted by Gasteiger charge is 2.11. The first-order chi connectivity index (χ1) is 7.40. The second kappa shape index (κ2) is 5.31. The van der Waals surface area contributed by atoms with Crippen LogP contribution in [0, 0.1) is 0 Å². The summed E-state index contributed by atoms with van der Waals surface area (Å²) in [6.07, 6.45) is 8.29. The van der Waals surface area contributed by atoms with Gasteiger partial charge in [-0.3, -0.25) is 5.10 Å². The number of nitrogens with one attached hydrogen (secondary N) is 1. The molecule has 0 spiro atoms. The van der Waals surface area contributed by atoms with Crippen molar-refractivity contribution in [1.82, 2.24) is 15.1 Å². The van der Waals surface area contributed by atoms with Gasteiger partial charge in [0.05, 0.1) is 6.20 Å². The van der Waals surface area contributed by atoms with E-state index in [2.05, 4.69) is 22.0 Å². The standard InChI is InChI=1S/C12H21N3/c1-2-12-11(10-13-14-12)6-5-9-15-7-3-4-8-15/h10H,2-9H2,1H3,(H,13,14). The molecule has 3 nitrogen and oxygen atoms in total. The van der Waals surface area contributed by atoms with Crippen molar-refractivity contribution in [3.05, 3.63) is 17.5 Å². The molecule has 0 atom stereocenters. The second-order valence-corrected chi connectivity index (χ2v) is 4.38. The van der Waals surface area contributed by atoms with E-state index in [1.807, 2.05) is 6.20 Å². The molecule has 0 unspecified atom stereocenters.